The number of hydrogen-bond donors (Lipinski definition) is 2. The molecule has 0 saturated carbocycles. The molecule has 2 N–H and O–H groups in total. The van der Waals surface area contributed by atoms with Crippen molar-refractivity contribution >= 4 is 19.8 Å². The quantitative estimate of drug-likeness (QED) is 0.0202. The molecule has 0 fully saturated rings. The molecule has 0 rings (SSSR count). The number of likely N-dealkylation sites (N-methyl/N-ethyl adjacent to an activating group) is 1. The molecule has 0 aliphatic heterocycles. The fraction of sp³-hybridized carbons (Fsp3) is 0.808. The topological polar surface area (TPSA) is 129 Å². The van der Waals surface area contributed by atoms with Crippen molar-refractivity contribution < 1.29 is 47.2 Å². The third-order valence-electron chi connectivity index (χ3n) is 10.9. The van der Waals surface area contributed by atoms with Gasteiger partial charge < -0.3 is 24.0 Å². The Hall–Kier alpha value is -2.07. The fourth-order valence-corrected chi connectivity index (χ4v) is 7.67. The number of phosphoric acid groups is 1. The minimum Gasteiger partial charge on any atom is -0.462 e. The Bertz CT molecular complexity index is 1210. The average Bonchev–Trinajstić information content (AvgIpc) is 3.24. The highest BCUT2D eigenvalue weighted by molar-refractivity contribution is 7.47. The molecule has 0 aromatic carbocycles. The average molecular weight is 911 g/mol. The van der Waals surface area contributed by atoms with Gasteiger partial charge in [-0.1, -0.05) is 190 Å². The van der Waals surface area contributed by atoms with Gasteiger partial charge in [-0.15, -0.1) is 0 Å². The number of carbonyl (C=O) groups is 2. The Morgan fingerprint density at radius 1 is 0.524 bits per heavy atom. The summed E-state index contributed by atoms with van der Waals surface area (Å²) in [7, 11) is 1.43. The predicted octanol–water partition coefficient (Wildman–Crippen LogP) is 14.0. The van der Waals surface area contributed by atoms with Crippen molar-refractivity contribution in [2.75, 3.05) is 54.1 Å². The van der Waals surface area contributed by atoms with Crippen LogP contribution in [0.3, 0.4) is 0 Å². The number of carbonyl (C=O) groups excluding carboxylic acids is 2. The van der Waals surface area contributed by atoms with E-state index in [-0.39, 0.29) is 38.6 Å². The molecule has 368 valence electrons. The maximum absolute atomic E-state index is 12.7. The second-order valence-corrected chi connectivity index (χ2v) is 19.7. The van der Waals surface area contributed by atoms with E-state index in [1.54, 1.807) is 0 Å². The van der Waals surface area contributed by atoms with Gasteiger partial charge in [0.15, 0.2) is 6.10 Å². The first-order valence-corrected chi connectivity index (χ1v) is 27.0. The summed E-state index contributed by atoms with van der Waals surface area (Å²) >= 11 is 0. The van der Waals surface area contributed by atoms with Gasteiger partial charge in [0.25, 0.3) is 0 Å². The van der Waals surface area contributed by atoms with Crippen LogP contribution >= 0.6 is 7.82 Å². The lowest BCUT2D eigenvalue weighted by molar-refractivity contribution is -0.870. The van der Waals surface area contributed by atoms with Crippen LogP contribution in [-0.4, -0.2) is 86.6 Å². The van der Waals surface area contributed by atoms with Crippen LogP contribution in [0.5, 0.6) is 0 Å². The van der Waals surface area contributed by atoms with Gasteiger partial charge in [-0.3, -0.25) is 18.6 Å². The van der Waals surface area contributed by atoms with E-state index in [0.717, 1.165) is 64.2 Å². The lowest BCUT2D eigenvalue weighted by Gasteiger charge is -2.24. The maximum atomic E-state index is 12.7. The number of esters is 2. The number of allylic oxidation sites excluding steroid dienone is 8. The molecule has 0 spiro atoms. The number of hydrogen-bond acceptors (Lipinski definition) is 8. The molecule has 0 aromatic rings. The van der Waals surface area contributed by atoms with Crippen molar-refractivity contribution in [3.05, 3.63) is 48.6 Å². The molecule has 11 heteroatoms. The maximum Gasteiger partial charge on any atom is 0.472 e. The number of phosphoric ester groups is 1. The molecule has 1 unspecified atom stereocenters. The third kappa shape index (κ3) is 49.2. The summed E-state index contributed by atoms with van der Waals surface area (Å²) in [4.78, 5) is 35.5. The highest BCUT2D eigenvalue weighted by Crippen LogP contribution is 2.43. The summed E-state index contributed by atoms with van der Waals surface area (Å²) in [6.07, 6.45) is 51.9. The van der Waals surface area contributed by atoms with Crippen LogP contribution < -0.4 is 0 Å². The number of rotatable bonds is 47. The zero-order chi connectivity index (χ0) is 46.4. The molecule has 10 nitrogen and oxygen atoms in total. The van der Waals surface area contributed by atoms with E-state index in [4.69, 9.17) is 23.6 Å². The van der Waals surface area contributed by atoms with Crippen molar-refractivity contribution in [3.8, 4) is 0 Å². The van der Waals surface area contributed by atoms with Crippen LogP contribution in [0.2, 0.25) is 0 Å². The third-order valence-corrected chi connectivity index (χ3v) is 11.9. The lowest BCUT2D eigenvalue weighted by Crippen LogP contribution is -2.37. The van der Waals surface area contributed by atoms with E-state index in [2.05, 4.69) is 49.5 Å². The number of quaternary nitrogens is 1. The monoisotopic (exact) mass is 911 g/mol. The van der Waals surface area contributed by atoms with Crippen molar-refractivity contribution in [3.63, 3.8) is 0 Å². The molecular formula is C52H97NO9P+. The molecule has 0 aliphatic carbocycles. The van der Waals surface area contributed by atoms with E-state index < -0.39 is 26.5 Å². The molecule has 0 bridgehead atoms. The van der Waals surface area contributed by atoms with Gasteiger partial charge in [-0.05, 0) is 57.8 Å². The minimum absolute atomic E-state index is 0.0165. The van der Waals surface area contributed by atoms with Crippen molar-refractivity contribution in [2.45, 2.75) is 218 Å². The van der Waals surface area contributed by atoms with Crippen molar-refractivity contribution in [1.82, 2.24) is 0 Å². The largest absolute Gasteiger partial charge is 0.472 e. The Labute approximate surface area is 386 Å². The molecular weight excluding hydrogens is 814 g/mol. The fourth-order valence-electron chi connectivity index (χ4n) is 6.93. The first kappa shape index (κ1) is 60.9. The predicted molar refractivity (Wildman–Crippen MR) is 263 cm³/mol. The number of aliphatic hydroxyl groups is 1. The molecule has 0 amide bonds. The smallest absolute Gasteiger partial charge is 0.462 e. The Morgan fingerprint density at radius 3 is 1.40 bits per heavy atom. The van der Waals surface area contributed by atoms with Crippen molar-refractivity contribution in [1.29, 1.82) is 0 Å². The van der Waals surface area contributed by atoms with Crippen molar-refractivity contribution in [2.24, 2.45) is 0 Å². The molecule has 0 heterocycles. The summed E-state index contributed by atoms with van der Waals surface area (Å²) in [6, 6.07) is 0. The zero-order valence-electron chi connectivity index (χ0n) is 41.0. The second kappa shape index (κ2) is 45.1. The van der Waals surface area contributed by atoms with Crippen LogP contribution in [0.4, 0.5) is 0 Å². The Balaban J connectivity index is 4.30. The summed E-state index contributed by atoms with van der Waals surface area (Å²) < 4.78 is 34.3. The normalized spacial score (nSPS) is 13.8. The summed E-state index contributed by atoms with van der Waals surface area (Å²) in [5.41, 5.74) is 0. The van der Waals surface area contributed by atoms with Gasteiger partial charge >= 0.3 is 19.8 Å². The summed E-state index contributed by atoms with van der Waals surface area (Å²) in [5, 5.41) is 8.81. The molecule has 0 aliphatic rings. The van der Waals surface area contributed by atoms with E-state index in [9.17, 15) is 19.0 Å². The molecule has 0 aromatic heterocycles. The highest BCUT2D eigenvalue weighted by Gasteiger charge is 2.27. The number of ether oxygens (including phenoxy) is 2. The summed E-state index contributed by atoms with van der Waals surface area (Å²) in [6.45, 7) is 2.38. The molecule has 63 heavy (non-hydrogen) atoms. The van der Waals surface area contributed by atoms with Gasteiger partial charge in [0.1, 0.15) is 19.8 Å². The second-order valence-electron chi connectivity index (χ2n) is 18.3. The molecule has 0 saturated heterocycles. The SMILES string of the molecule is CCCCCCCCCCCCCCCCCCCCCCCC(=O)OC[C@H](COP(=O)(O)OCC[N+](C)(C)C)OC(=O)CCC/C=C\C/C=C\C/C=C\C/C=C\CCCCCO. The van der Waals surface area contributed by atoms with E-state index >= 15 is 0 Å². The first-order valence-electron chi connectivity index (χ1n) is 25.5. The standard InChI is InChI=1S/C52H96NO9P/c1-5-6-7-8-9-10-11-12-13-14-15-16-17-19-22-25-28-31-34-37-40-43-51(55)59-48-50(49-61-63(57,58)60-47-45-53(2,3)4)62-52(56)44-41-38-35-32-29-26-23-20-18-21-24-27-30-33-36-39-42-46-54/h18,21,23,26-27,30,32,35,50,54H,5-17,19-20,22,24-25,28-29,31,33-34,36-49H2,1-4H3/p+1/b21-18-,26-23-,30-27-,35-32-/t50-/m1/s1. The van der Waals surface area contributed by atoms with E-state index in [0.29, 0.717) is 23.9 Å². The Morgan fingerprint density at radius 2 is 0.937 bits per heavy atom. The van der Waals surface area contributed by atoms with Gasteiger partial charge in [0.05, 0.1) is 27.7 Å². The van der Waals surface area contributed by atoms with Crippen LogP contribution in [0.15, 0.2) is 48.6 Å². The van der Waals surface area contributed by atoms with Crippen LogP contribution in [-0.2, 0) is 32.7 Å². The van der Waals surface area contributed by atoms with Crippen LogP contribution in [0, 0.1) is 0 Å². The van der Waals surface area contributed by atoms with E-state index in [1.165, 1.54) is 116 Å². The van der Waals surface area contributed by atoms with Gasteiger partial charge in [-0.2, -0.15) is 0 Å². The number of aliphatic hydroxyl groups excluding tert-OH is 1. The number of unbranched alkanes of at least 4 members (excludes halogenated alkanes) is 24. The zero-order valence-corrected chi connectivity index (χ0v) is 41.9. The minimum atomic E-state index is -4.40. The number of nitrogens with zero attached hydrogens (tertiary/aromatic N) is 1. The Kier molecular flexibility index (Phi) is 43.6. The van der Waals surface area contributed by atoms with E-state index in [1.807, 2.05) is 27.2 Å². The van der Waals surface area contributed by atoms with Crippen LogP contribution in [0.1, 0.15) is 212 Å². The van der Waals surface area contributed by atoms with Gasteiger partial charge in [0.2, 0.25) is 0 Å². The van der Waals surface area contributed by atoms with Gasteiger partial charge in [-0.25, -0.2) is 4.57 Å². The lowest BCUT2D eigenvalue weighted by atomic mass is 10.0. The first-order chi connectivity index (χ1) is 30.5. The highest BCUT2D eigenvalue weighted by atomic mass is 31.2. The molecule has 2 atom stereocenters. The summed E-state index contributed by atoms with van der Waals surface area (Å²) in [5.74, 6) is -0.871. The van der Waals surface area contributed by atoms with Gasteiger partial charge in [0, 0.05) is 19.4 Å². The molecule has 0 radical (unpaired) electrons. The van der Waals surface area contributed by atoms with Crippen LogP contribution in [0.25, 0.3) is 0 Å².